The minimum Gasteiger partial charge on any atom is -0.459 e. The number of amides is 2. The lowest BCUT2D eigenvalue weighted by Crippen LogP contribution is -2.50. The van der Waals surface area contributed by atoms with Gasteiger partial charge in [-0.25, -0.2) is 9.97 Å². The number of nitrogens with zero attached hydrogens (tertiary/aromatic N) is 5. The molecule has 2 fully saturated rings. The number of benzene rings is 1. The zero-order valence-electron chi connectivity index (χ0n) is 19.8. The number of hydrogen-bond donors (Lipinski definition) is 0. The average Bonchev–Trinajstić information content (AvgIpc) is 3.45. The van der Waals surface area contributed by atoms with Crippen molar-refractivity contribution in [2.45, 2.75) is 19.8 Å². The van der Waals surface area contributed by atoms with Crippen molar-refractivity contribution in [1.29, 1.82) is 0 Å². The van der Waals surface area contributed by atoms with Gasteiger partial charge in [-0.05, 0) is 55.2 Å². The topological polar surface area (TPSA) is 92.0 Å². The fourth-order valence-corrected chi connectivity index (χ4v) is 4.46. The minimum absolute atomic E-state index is 0.0655. The number of carbonyl (C=O) groups is 2. The van der Waals surface area contributed by atoms with Crippen molar-refractivity contribution in [3.05, 3.63) is 66.4 Å². The fourth-order valence-electron chi connectivity index (χ4n) is 4.46. The summed E-state index contributed by atoms with van der Waals surface area (Å²) in [5.74, 6) is 2.65. The molecule has 3 aromatic rings. The maximum atomic E-state index is 13.0. The number of hydrogen-bond acceptors (Lipinski definition) is 7. The summed E-state index contributed by atoms with van der Waals surface area (Å²) in [5.41, 5.74) is 0.576. The van der Waals surface area contributed by atoms with Crippen LogP contribution in [0.5, 0.6) is 11.6 Å². The highest BCUT2D eigenvalue weighted by molar-refractivity contribution is 5.95. The Morgan fingerprint density at radius 3 is 2.20 bits per heavy atom. The lowest BCUT2D eigenvalue weighted by molar-refractivity contribution is 0.0518. The first-order chi connectivity index (χ1) is 17.1. The Bertz CT molecular complexity index is 1150. The summed E-state index contributed by atoms with van der Waals surface area (Å²) >= 11 is 0. The van der Waals surface area contributed by atoms with E-state index >= 15 is 0 Å². The van der Waals surface area contributed by atoms with Gasteiger partial charge in [0.25, 0.3) is 17.7 Å². The smallest absolute Gasteiger partial charge is 0.289 e. The third-order valence-electron chi connectivity index (χ3n) is 6.63. The van der Waals surface area contributed by atoms with Gasteiger partial charge in [-0.1, -0.05) is 6.92 Å². The van der Waals surface area contributed by atoms with Crippen LogP contribution in [-0.4, -0.2) is 70.9 Å². The Morgan fingerprint density at radius 1 is 0.886 bits per heavy atom. The standard InChI is InChI=1S/C26H29N5O4/c1-19-8-12-29(13-9-19)23-24(28-11-10-27-23)35-21-6-4-20(5-7-21)25(32)30-14-16-31(17-15-30)26(33)22-3-2-18-34-22/h2-7,10-11,18-19H,8-9,12-17H2,1H3. The maximum Gasteiger partial charge on any atom is 0.289 e. The van der Waals surface area contributed by atoms with E-state index in [0.29, 0.717) is 49.1 Å². The van der Waals surface area contributed by atoms with Crippen molar-refractivity contribution in [1.82, 2.24) is 19.8 Å². The van der Waals surface area contributed by atoms with Crippen molar-refractivity contribution in [3.8, 4) is 11.6 Å². The van der Waals surface area contributed by atoms with Gasteiger partial charge in [-0.3, -0.25) is 9.59 Å². The zero-order valence-corrected chi connectivity index (χ0v) is 19.8. The summed E-state index contributed by atoms with van der Waals surface area (Å²) in [5, 5.41) is 0. The van der Waals surface area contributed by atoms with E-state index in [9.17, 15) is 9.59 Å². The second-order valence-electron chi connectivity index (χ2n) is 9.04. The van der Waals surface area contributed by atoms with Gasteiger partial charge in [0.1, 0.15) is 5.75 Å². The highest BCUT2D eigenvalue weighted by Crippen LogP contribution is 2.31. The van der Waals surface area contributed by atoms with Gasteiger partial charge in [0.05, 0.1) is 6.26 Å². The van der Waals surface area contributed by atoms with Gasteiger partial charge >= 0.3 is 0 Å². The molecule has 2 amide bonds. The maximum absolute atomic E-state index is 13.0. The third-order valence-corrected chi connectivity index (χ3v) is 6.63. The number of anilines is 1. The van der Waals surface area contributed by atoms with E-state index in [4.69, 9.17) is 9.15 Å². The molecule has 0 N–H and O–H groups in total. The molecule has 1 aromatic carbocycles. The van der Waals surface area contributed by atoms with Crippen molar-refractivity contribution in [2.75, 3.05) is 44.2 Å². The lowest BCUT2D eigenvalue weighted by Gasteiger charge is -2.34. The van der Waals surface area contributed by atoms with Gasteiger partial charge in [-0.15, -0.1) is 0 Å². The molecular weight excluding hydrogens is 446 g/mol. The van der Waals surface area contributed by atoms with Crippen LogP contribution in [0.15, 0.2) is 59.5 Å². The summed E-state index contributed by atoms with van der Waals surface area (Å²) in [6.07, 6.45) is 7.04. The number of rotatable bonds is 5. The molecule has 0 spiro atoms. The van der Waals surface area contributed by atoms with Crippen LogP contribution in [-0.2, 0) is 0 Å². The molecule has 2 saturated heterocycles. The van der Waals surface area contributed by atoms with Crippen LogP contribution in [0.25, 0.3) is 0 Å². The quantitative estimate of drug-likeness (QED) is 0.556. The van der Waals surface area contributed by atoms with Crippen LogP contribution in [0, 0.1) is 5.92 Å². The highest BCUT2D eigenvalue weighted by atomic mass is 16.5. The molecule has 9 heteroatoms. The minimum atomic E-state index is -0.147. The van der Waals surface area contributed by atoms with E-state index in [-0.39, 0.29) is 11.8 Å². The predicted molar refractivity (Wildman–Crippen MR) is 130 cm³/mol. The fraction of sp³-hybridized carbons (Fsp3) is 0.385. The van der Waals surface area contributed by atoms with Crippen LogP contribution in [0.1, 0.15) is 40.7 Å². The van der Waals surface area contributed by atoms with E-state index in [1.165, 1.54) is 6.26 Å². The van der Waals surface area contributed by atoms with E-state index in [0.717, 1.165) is 37.7 Å². The second-order valence-corrected chi connectivity index (χ2v) is 9.04. The first-order valence-electron chi connectivity index (χ1n) is 12.0. The molecule has 0 aliphatic carbocycles. The molecule has 9 nitrogen and oxygen atoms in total. The van der Waals surface area contributed by atoms with Gasteiger partial charge in [-0.2, -0.15) is 0 Å². The Balaban J connectivity index is 1.19. The number of furan rings is 1. The Labute approximate surface area is 204 Å². The molecule has 0 radical (unpaired) electrons. The molecule has 0 bridgehead atoms. The van der Waals surface area contributed by atoms with Crippen molar-refractivity contribution in [3.63, 3.8) is 0 Å². The molecule has 2 aliphatic rings. The van der Waals surface area contributed by atoms with E-state index in [2.05, 4.69) is 21.8 Å². The molecule has 2 aromatic heterocycles. The van der Waals surface area contributed by atoms with E-state index in [1.807, 2.05) is 0 Å². The van der Waals surface area contributed by atoms with Crippen LogP contribution in [0.4, 0.5) is 5.82 Å². The molecule has 2 aliphatic heterocycles. The first kappa shape index (κ1) is 22.9. The Hall–Kier alpha value is -3.88. The summed E-state index contributed by atoms with van der Waals surface area (Å²) in [4.78, 5) is 40.0. The third kappa shape index (κ3) is 5.13. The van der Waals surface area contributed by atoms with Crippen LogP contribution >= 0.6 is 0 Å². The van der Waals surface area contributed by atoms with Crippen LogP contribution < -0.4 is 9.64 Å². The van der Waals surface area contributed by atoms with Crippen molar-refractivity contribution < 1.29 is 18.7 Å². The van der Waals surface area contributed by atoms with E-state index in [1.54, 1.807) is 58.6 Å². The largest absolute Gasteiger partial charge is 0.459 e. The zero-order chi connectivity index (χ0) is 24.2. The lowest BCUT2D eigenvalue weighted by atomic mass is 9.99. The number of piperidine rings is 1. The summed E-state index contributed by atoms with van der Waals surface area (Å²) in [6.45, 7) is 6.03. The number of ether oxygens (including phenoxy) is 1. The van der Waals surface area contributed by atoms with Crippen molar-refractivity contribution in [2.24, 2.45) is 5.92 Å². The average molecular weight is 476 g/mol. The molecule has 35 heavy (non-hydrogen) atoms. The van der Waals surface area contributed by atoms with E-state index < -0.39 is 0 Å². The molecule has 4 heterocycles. The Morgan fingerprint density at radius 2 is 1.54 bits per heavy atom. The molecule has 182 valence electrons. The molecule has 0 saturated carbocycles. The number of piperazine rings is 1. The molecule has 5 rings (SSSR count). The second kappa shape index (κ2) is 10.2. The molecule has 0 atom stereocenters. The van der Waals surface area contributed by atoms with Crippen LogP contribution in [0.2, 0.25) is 0 Å². The Kier molecular flexibility index (Phi) is 6.65. The molecule has 0 unspecified atom stereocenters. The van der Waals surface area contributed by atoms with Crippen molar-refractivity contribution >= 4 is 17.6 Å². The summed E-state index contributed by atoms with van der Waals surface area (Å²) in [7, 11) is 0. The van der Waals surface area contributed by atoms with Gasteiger partial charge in [0.15, 0.2) is 11.6 Å². The predicted octanol–water partition coefficient (Wildman–Crippen LogP) is 3.70. The summed E-state index contributed by atoms with van der Waals surface area (Å²) in [6, 6.07) is 10.4. The monoisotopic (exact) mass is 475 g/mol. The van der Waals surface area contributed by atoms with Gasteiger partial charge in [0.2, 0.25) is 0 Å². The van der Waals surface area contributed by atoms with Gasteiger partial charge < -0.3 is 23.9 Å². The molecular formula is C26H29N5O4. The number of carbonyl (C=O) groups excluding carboxylic acids is 2. The summed E-state index contributed by atoms with van der Waals surface area (Å²) < 4.78 is 11.2. The van der Waals surface area contributed by atoms with Crippen LogP contribution in [0.3, 0.4) is 0 Å². The SMILES string of the molecule is CC1CCN(c2nccnc2Oc2ccc(C(=O)N3CCN(C(=O)c4ccco4)CC3)cc2)CC1. The normalized spacial score (nSPS) is 16.9. The highest BCUT2D eigenvalue weighted by Gasteiger charge is 2.27. The van der Waals surface area contributed by atoms with Gasteiger partial charge in [0, 0.05) is 57.2 Å². The number of aromatic nitrogens is 2. The first-order valence-corrected chi connectivity index (χ1v) is 12.0.